The second-order valence-corrected chi connectivity index (χ2v) is 9.85. The van der Waals surface area contributed by atoms with Crippen molar-refractivity contribution in [2.45, 2.75) is 13.0 Å². The van der Waals surface area contributed by atoms with Crippen molar-refractivity contribution in [3.63, 3.8) is 0 Å². The molecule has 0 spiro atoms. The second-order valence-electron chi connectivity index (χ2n) is 8.72. The van der Waals surface area contributed by atoms with Gasteiger partial charge in [0, 0.05) is 56.3 Å². The first-order chi connectivity index (χ1) is 16.4. The van der Waals surface area contributed by atoms with Gasteiger partial charge in [0.1, 0.15) is 11.5 Å². The molecule has 0 N–H and O–H groups in total. The molecule has 6 nitrogen and oxygen atoms in total. The van der Waals surface area contributed by atoms with Crippen LogP contribution in [0, 0.1) is 12.7 Å². The van der Waals surface area contributed by atoms with Crippen LogP contribution in [-0.2, 0) is 0 Å². The molecule has 0 aliphatic carbocycles. The Morgan fingerprint density at radius 3 is 2.35 bits per heavy atom. The molecule has 1 aromatic heterocycles. The Balaban J connectivity index is 1.16. The number of hydrogen-bond donors (Lipinski definition) is 0. The molecule has 2 aromatic carbocycles. The third-order valence-electron chi connectivity index (χ3n) is 6.63. The summed E-state index contributed by atoms with van der Waals surface area (Å²) in [6.45, 7) is 6.25. The molecule has 34 heavy (non-hydrogen) atoms. The molecule has 0 radical (unpaired) electrons. The van der Waals surface area contributed by atoms with Crippen molar-refractivity contribution in [1.82, 2.24) is 19.7 Å². The summed E-state index contributed by atoms with van der Waals surface area (Å²) >= 11 is 7.34. The number of rotatable bonds is 4. The molecule has 9 heteroatoms. The number of hydrogen-bond acceptors (Lipinski definition) is 5. The van der Waals surface area contributed by atoms with E-state index in [-0.39, 0.29) is 16.8 Å². The lowest BCUT2D eigenvalue weighted by Crippen LogP contribution is -2.64. The smallest absolute Gasteiger partial charge is 0.273 e. The Hall–Kier alpha value is -2.81. The zero-order valence-corrected chi connectivity index (χ0v) is 20.3. The van der Waals surface area contributed by atoms with Crippen molar-refractivity contribution in [2.75, 3.05) is 39.3 Å². The predicted molar refractivity (Wildman–Crippen MR) is 131 cm³/mol. The van der Waals surface area contributed by atoms with Crippen LogP contribution in [0.3, 0.4) is 0 Å². The molecular formula is C25H24ClFN4O2S. The molecule has 2 aliphatic heterocycles. The standard InChI is InChI=1S/C25H24ClFN4O2S/c1-16-10-17(18-3-5-22(27)21(26)11-18)2-4-20(16)24(32)31-12-19(13-31)29-6-8-30(9-7-29)25(33)23-14-34-15-28-23/h2-5,10-11,14-15,19H,6-9,12-13H2,1H3. The lowest BCUT2D eigenvalue weighted by Gasteiger charge is -2.48. The van der Waals surface area contributed by atoms with Gasteiger partial charge in [0.05, 0.1) is 10.5 Å². The molecule has 2 saturated heterocycles. The van der Waals surface area contributed by atoms with E-state index >= 15 is 0 Å². The van der Waals surface area contributed by atoms with E-state index in [9.17, 15) is 14.0 Å². The third kappa shape index (κ3) is 4.45. The summed E-state index contributed by atoms with van der Waals surface area (Å²) in [7, 11) is 0. The highest BCUT2D eigenvalue weighted by molar-refractivity contribution is 7.07. The van der Waals surface area contributed by atoms with Crippen molar-refractivity contribution in [3.05, 3.63) is 74.9 Å². The number of aryl methyl sites for hydroxylation is 1. The van der Waals surface area contributed by atoms with Gasteiger partial charge in [0.15, 0.2) is 0 Å². The molecule has 0 bridgehead atoms. The van der Waals surface area contributed by atoms with Crippen LogP contribution in [0.1, 0.15) is 26.4 Å². The van der Waals surface area contributed by atoms with Crippen LogP contribution in [0.5, 0.6) is 0 Å². The van der Waals surface area contributed by atoms with Gasteiger partial charge in [-0.1, -0.05) is 29.8 Å². The molecule has 2 amide bonds. The highest BCUT2D eigenvalue weighted by Gasteiger charge is 2.37. The van der Waals surface area contributed by atoms with E-state index in [4.69, 9.17) is 11.6 Å². The van der Waals surface area contributed by atoms with E-state index in [0.717, 1.165) is 29.8 Å². The van der Waals surface area contributed by atoms with Gasteiger partial charge in [-0.3, -0.25) is 14.5 Å². The van der Waals surface area contributed by atoms with Gasteiger partial charge in [-0.25, -0.2) is 9.37 Å². The number of nitrogens with zero attached hydrogens (tertiary/aromatic N) is 4. The van der Waals surface area contributed by atoms with Gasteiger partial charge in [0.25, 0.3) is 11.8 Å². The Bertz CT molecular complexity index is 1220. The maximum absolute atomic E-state index is 13.5. The number of likely N-dealkylation sites (tertiary alicyclic amines) is 1. The van der Waals surface area contributed by atoms with Crippen LogP contribution < -0.4 is 0 Å². The monoisotopic (exact) mass is 498 g/mol. The fraction of sp³-hybridized carbons (Fsp3) is 0.320. The maximum Gasteiger partial charge on any atom is 0.273 e. The van der Waals surface area contributed by atoms with E-state index in [0.29, 0.717) is 43.5 Å². The van der Waals surface area contributed by atoms with Crippen molar-refractivity contribution >= 4 is 34.8 Å². The van der Waals surface area contributed by atoms with Crippen LogP contribution in [0.4, 0.5) is 4.39 Å². The van der Waals surface area contributed by atoms with Crippen molar-refractivity contribution in [3.8, 4) is 11.1 Å². The van der Waals surface area contributed by atoms with E-state index in [1.165, 1.54) is 17.4 Å². The van der Waals surface area contributed by atoms with Crippen LogP contribution in [0.2, 0.25) is 5.02 Å². The average molecular weight is 499 g/mol. The van der Waals surface area contributed by atoms with Crippen LogP contribution >= 0.6 is 22.9 Å². The average Bonchev–Trinajstić information content (AvgIpc) is 3.35. The number of carbonyl (C=O) groups is 2. The Labute approximate surface area is 206 Å². The first-order valence-corrected chi connectivity index (χ1v) is 12.5. The zero-order chi connectivity index (χ0) is 23.8. The van der Waals surface area contributed by atoms with Crippen LogP contribution in [0.25, 0.3) is 11.1 Å². The summed E-state index contributed by atoms with van der Waals surface area (Å²) in [5.74, 6) is -0.434. The molecule has 2 aliphatic rings. The van der Waals surface area contributed by atoms with Crippen molar-refractivity contribution in [1.29, 1.82) is 0 Å². The molecule has 0 saturated carbocycles. The van der Waals surface area contributed by atoms with E-state index in [1.54, 1.807) is 23.0 Å². The fourth-order valence-corrected chi connectivity index (χ4v) is 5.26. The minimum atomic E-state index is -0.450. The number of benzene rings is 2. The molecule has 5 rings (SSSR count). The van der Waals surface area contributed by atoms with Gasteiger partial charge in [-0.15, -0.1) is 11.3 Å². The molecule has 0 atom stereocenters. The zero-order valence-electron chi connectivity index (χ0n) is 18.7. The largest absolute Gasteiger partial charge is 0.335 e. The molecule has 0 unspecified atom stereocenters. The Morgan fingerprint density at radius 2 is 1.71 bits per heavy atom. The number of amides is 2. The van der Waals surface area contributed by atoms with Gasteiger partial charge < -0.3 is 9.80 Å². The van der Waals surface area contributed by atoms with E-state index < -0.39 is 5.82 Å². The summed E-state index contributed by atoms with van der Waals surface area (Å²) in [6.07, 6.45) is 0. The second kappa shape index (κ2) is 9.44. The molecule has 2 fully saturated rings. The Kier molecular flexibility index (Phi) is 6.38. The van der Waals surface area contributed by atoms with Crippen molar-refractivity contribution < 1.29 is 14.0 Å². The summed E-state index contributed by atoms with van der Waals surface area (Å²) in [4.78, 5) is 35.7. The summed E-state index contributed by atoms with van der Waals surface area (Å²) in [5, 5.41) is 1.86. The summed E-state index contributed by atoms with van der Waals surface area (Å²) in [5.41, 5.74) is 5.45. The first-order valence-electron chi connectivity index (χ1n) is 11.2. The third-order valence-corrected chi connectivity index (χ3v) is 7.50. The highest BCUT2D eigenvalue weighted by atomic mass is 35.5. The lowest BCUT2D eigenvalue weighted by molar-refractivity contribution is 0.00840. The molecular weight excluding hydrogens is 475 g/mol. The highest BCUT2D eigenvalue weighted by Crippen LogP contribution is 2.28. The molecule has 3 heterocycles. The lowest BCUT2D eigenvalue weighted by atomic mass is 9.97. The SMILES string of the molecule is Cc1cc(-c2ccc(F)c(Cl)c2)ccc1C(=O)N1CC(N2CCN(C(=O)c3cscn3)CC2)C1. The quantitative estimate of drug-likeness (QED) is 0.541. The first kappa shape index (κ1) is 23.0. The number of thiazole rings is 1. The van der Waals surface area contributed by atoms with Gasteiger partial charge in [-0.2, -0.15) is 0 Å². The van der Waals surface area contributed by atoms with Gasteiger partial charge in [-0.05, 0) is 41.8 Å². The van der Waals surface area contributed by atoms with Gasteiger partial charge in [0.2, 0.25) is 0 Å². The molecule has 176 valence electrons. The number of carbonyl (C=O) groups excluding carboxylic acids is 2. The van der Waals surface area contributed by atoms with E-state index in [1.807, 2.05) is 34.9 Å². The van der Waals surface area contributed by atoms with Crippen LogP contribution in [-0.4, -0.2) is 76.8 Å². The van der Waals surface area contributed by atoms with Crippen LogP contribution in [0.15, 0.2) is 47.3 Å². The normalized spacial score (nSPS) is 17.0. The maximum atomic E-state index is 13.5. The minimum absolute atomic E-state index is 0.00635. The Morgan fingerprint density at radius 1 is 1.00 bits per heavy atom. The van der Waals surface area contributed by atoms with E-state index in [2.05, 4.69) is 9.88 Å². The summed E-state index contributed by atoms with van der Waals surface area (Å²) < 4.78 is 13.5. The van der Waals surface area contributed by atoms with Crippen molar-refractivity contribution in [2.24, 2.45) is 0 Å². The fourth-order valence-electron chi connectivity index (χ4n) is 4.55. The van der Waals surface area contributed by atoms with Gasteiger partial charge >= 0.3 is 0 Å². The number of aromatic nitrogens is 1. The topological polar surface area (TPSA) is 56.8 Å². The summed E-state index contributed by atoms with van der Waals surface area (Å²) in [6, 6.07) is 10.6. The molecule has 3 aromatic rings. The minimum Gasteiger partial charge on any atom is -0.335 e. The number of halogens is 2. The number of piperazine rings is 1. The predicted octanol–water partition coefficient (Wildman–Crippen LogP) is 4.19.